The molecule has 6 nitrogen and oxygen atoms in total. The van der Waals surface area contributed by atoms with Crippen LogP contribution in [0.3, 0.4) is 0 Å². The molecule has 0 aromatic heterocycles. The van der Waals surface area contributed by atoms with Gasteiger partial charge in [0.2, 0.25) is 0 Å². The maximum atomic E-state index is 11.6. The Hall–Kier alpha value is -2.58. The molecule has 1 fully saturated rings. The molecule has 0 bridgehead atoms. The van der Waals surface area contributed by atoms with Crippen molar-refractivity contribution in [1.82, 2.24) is 5.32 Å². The summed E-state index contributed by atoms with van der Waals surface area (Å²) in [7, 11) is 0. The summed E-state index contributed by atoms with van der Waals surface area (Å²) in [4.78, 5) is 0. The van der Waals surface area contributed by atoms with Gasteiger partial charge in [-0.1, -0.05) is 130 Å². The summed E-state index contributed by atoms with van der Waals surface area (Å²) in [5, 5.41) is 26.7. The van der Waals surface area contributed by atoms with Gasteiger partial charge in [0.05, 0.1) is 25.9 Å². The molecule has 4 unspecified atom stereocenters. The third-order valence-corrected chi connectivity index (χ3v) is 7.82. The minimum absolute atomic E-state index is 0.317. The molecular formula is C35H47NO5. The lowest BCUT2D eigenvalue weighted by Gasteiger charge is -2.47. The lowest BCUT2D eigenvalue weighted by molar-refractivity contribution is -0.240. The molecular weight excluding hydrogens is 514 g/mol. The maximum Gasteiger partial charge on any atom is 0.115 e. The van der Waals surface area contributed by atoms with E-state index in [9.17, 15) is 10.2 Å². The fourth-order valence-electron chi connectivity index (χ4n) is 5.48. The maximum absolute atomic E-state index is 11.6. The zero-order valence-electron chi connectivity index (χ0n) is 24.3. The summed E-state index contributed by atoms with van der Waals surface area (Å²) in [5.74, 6) is 0. The van der Waals surface area contributed by atoms with Crippen LogP contribution in [0.15, 0.2) is 91.0 Å². The van der Waals surface area contributed by atoms with Crippen molar-refractivity contribution in [3.8, 4) is 0 Å². The van der Waals surface area contributed by atoms with E-state index in [1.165, 1.54) is 25.7 Å². The van der Waals surface area contributed by atoms with Gasteiger partial charge in [-0.25, -0.2) is 0 Å². The number of nitrogens with one attached hydrogen (secondary N) is 1. The topological polar surface area (TPSA) is 80.2 Å². The Kier molecular flexibility index (Phi) is 13.3. The second-order valence-electron chi connectivity index (χ2n) is 11.0. The monoisotopic (exact) mass is 561 g/mol. The van der Waals surface area contributed by atoms with Crippen LogP contribution >= 0.6 is 0 Å². The second kappa shape index (κ2) is 17.4. The van der Waals surface area contributed by atoms with E-state index in [1.54, 1.807) is 0 Å². The average Bonchev–Trinajstić information content (AvgIpc) is 3.01. The zero-order valence-corrected chi connectivity index (χ0v) is 24.3. The molecule has 0 saturated heterocycles. The number of rotatable bonds is 17. The number of ether oxygens (including phenoxy) is 3. The van der Waals surface area contributed by atoms with Gasteiger partial charge < -0.3 is 29.7 Å². The van der Waals surface area contributed by atoms with Crippen LogP contribution < -0.4 is 5.32 Å². The number of hydrogen-bond donors (Lipinski definition) is 3. The van der Waals surface area contributed by atoms with Gasteiger partial charge in [0, 0.05) is 0 Å². The van der Waals surface area contributed by atoms with Gasteiger partial charge in [0.1, 0.15) is 30.5 Å². The Labute approximate surface area is 245 Å². The van der Waals surface area contributed by atoms with E-state index in [2.05, 4.69) is 12.2 Å². The molecule has 3 N–H and O–H groups in total. The molecule has 0 spiro atoms. The van der Waals surface area contributed by atoms with E-state index in [1.807, 2.05) is 91.0 Å². The van der Waals surface area contributed by atoms with Crippen LogP contribution in [0.25, 0.3) is 0 Å². The minimum atomic E-state index is -0.980. The summed E-state index contributed by atoms with van der Waals surface area (Å²) >= 11 is 0. The number of benzene rings is 3. The minimum Gasteiger partial charge on any atom is -0.389 e. The van der Waals surface area contributed by atoms with Crippen LogP contribution in [-0.2, 0) is 34.0 Å². The first kappa shape index (κ1) is 31.4. The van der Waals surface area contributed by atoms with Crippen LogP contribution in [0.5, 0.6) is 0 Å². The standard InChI is InChI=1S/C35H47NO5/c1-2-3-4-5-6-16-23-36-30-31(37)33(39-24-27-17-10-7-11-18-27)35(41-26-29-21-14-9-15-22-29)34(32(30)38)40-25-28-19-12-8-13-20-28/h7-15,17-22,30-38H,2-6,16,23-26H2,1H3. The number of aliphatic hydroxyl groups is 2. The van der Waals surface area contributed by atoms with Crippen LogP contribution in [-0.4, -0.2) is 53.3 Å². The molecule has 222 valence electrons. The van der Waals surface area contributed by atoms with Crippen molar-refractivity contribution in [3.05, 3.63) is 108 Å². The van der Waals surface area contributed by atoms with Crippen molar-refractivity contribution in [1.29, 1.82) is 0 Å². The third kappa shape index (κ3) is 9.74. The molecule has 3 aromatic rings. The van der Waals surface area contributed by atoms with Gasteiger partial charge in [0.25, 0.3) is 0 Å². The molecule has 4 rings (SSSR count). The highest BCUT2D eigenvalue weighted by molar-refractivity contribution is 5.16. The van der Waals surface area contributed by atoms with E-state index in [0.717, 1.165) is 29.5 Å². The predicted molar refractivity (Wildman–Crippen MR) is 162 cm³/mol. The summed E-state index contributed by atoms with van der Waals surface area (Å²) in [6, 6.07) is 29.1. The van der Waals surface area contributed by atoms with Gasteiger partial charge in [-0.2, -0.15) is 0 Å². The predicted octanol–water partition coefficient (Wildman–Crippen LogP) is 5.80. The van der Waals surface area contributed by atoms with Gasteiger partial charge in [-0.05, 0) is 29.7 Å². The summed E-state index contributed by atoms with van der Waals surface area (Å²) in [5.41, 5.74) is 3.01. The Morgan fingerprint density at radius 2 is 0.927 bits per heavy atom. The molecule has 1 aliphatic rings. The van der Waals surface area contributed by atoms with E-state index < -0.39 is 36.6 Å². The number of unbranched alkanes of at least 4 members (excludes halogenated alkanes) is 5. The molecule has 6 heteroatoms. The highest BCUT2D eigenvalue weighted by Crippen LogP contribution is 2.31. The molecule has 41 heavy (non-hydrogen) atoms. The van der Waals surface area contributed by atoms with E-state index in [-0.39, 0.29) is 0 Å². The molecule has 0 aliphatic heterocycles. The fraction of sp³-hybridized carbons (Fsp3) is 0.486. The van der Waals surface area contributed by atoms with E-state index >= 15 is 0 Å². The van der Waals surface area contributed by atoms with Gasteiger partial charge >= 0.3 is 0 Å². The van der Waals surface area contributed by atoms with Crippen LogP contribution in [0.4, 0.5) is 0 Å². The molecule has 3 aromatic carbocycles. The third-order valence-electron chi connectivity index (χ3n) is 7.82. The van der Waals surface area contributed by atoms with Crippen LogP contribution in [0.2, 0.25) is 0 Å². The highest BCUT2D eigenvalue weighted by Gasteiger charge is 2.51. The van der Waals surface area contributed by atoms with E-state index in [4.69, 9.17) is 14.2 Å². The first-order chi connectivity index (χ1) is 20.2. The number of hydrogen-bond acceptors (Lipinski definition) is 6. The molecule has 1 aliphatic carbocycles. The quantitative estimate of drug-likeness (QED) is 0.181. The van der Waals surface area contributed by atoms with Crippen LogP contribution in [0.1, 0.15) is 62.1 Å². The van der Waals surface area contributed by atoms with Crippen molar-refractivity contribution in [2.45, 2.75) is 102 Å². The summed E-state index contributed by atoms with van der Waals surface area (Å²) < 4.78 is 19.3. The van der Waals surface area contributed by atoms with Crippen molar-refractivity contribution in [3.63, 3.8) is 0 Å². The fourth-order valence-corrected chi connectivity index (χ4v) is 5.48. The Balaban J connectivity index is 1.52. The molecule has 0 heterocycles. The summed E-state index contributed by atoms with van der Waals surface area (Å²) in [6.07, 6.45) is 2.99. The van der Waals surface area contributed by atoms with Crippen molar-refractivity contribution >= 4 is 0 Å². The van der Waals surface area contributed by atoms with Gasteiger partial charge in [-0.15, -0.1) is 0 Å². The lowest BCUT2D eigenvalue weighted by atomic mass is 9.82. The Bertz CT molecular complexity index is 1030. The molecule has 0 amide bonds. The van der Waals surface area contributed by atoms with Gasteiger partial charge in [-0.3, -0.25) is 0 Å². The average molecular weight is 562 g/mol. The molecule has 0 radical (unpaired) electrons. The van der Waals surface area contributed by atoms with E-state index in [0.29, 0.717) is 26.4 Å². The van der Waals surface area contributed by atoms with Crippen LogP contribution in [0, 0.1) is 0 Å². The molecule has 4 atom stereocenters. The second-order valence-corrected chi connectivity index (χ2v) is 11.0. The summed E-state index contributed by atoms with van der Waals surface area (Å²) in [6.45, 7) is 3.88. The van der Waals surface area contributed by atoms with Crippen molar-refractivity contribution in [2.24, 2.45) is 0 Å². The zero-order chi connectivity index (χ0) is 28.7. The highest BCUT2D eigenvalue weighted by atomic mass is 16.6. The SMILES string of the molecule is CCCCCCCCNC1C(O)C(OCc2ccccc2)C(OCc2ccccc2)C(OCc2ccccc2)C1O. The first-order valence-electron chi connectivity index (χ1n) is 15.2. The largest absolute Gasteiger partial charge is 0.389 e. The molecule has 1 saturated carbocycles. The normalized spacial score (nSPS) is 24.4. The smallest absolute Gasteiger partial charge is 0.115 e. The Morgan fingerprint density at radius 1 is 0.537 bits per heavy atom. The van der Waals surface area contributed by atoms with Crippen molar-refractivity contribution < 1.29 is 24.4 Å². The Morgan fingerprint density at radius 3 is 1.37 bits per heavy atom. The lowest BCUT2D eigenvalue weighted by Crippen LogP contribution is -2.69. The van der Waals surface area contributed by atoms with Crippen molar-refractivity contribution in [2.75, 3.05) is 6.54 Å². The first-order valence-corrected chi connectivity index (χ1v) is 15.2. The number of aliphatic hydroxyl groups excluding tert-OH is 2. The van der Waals surface area contributed by atoms with Gasteiger partial charge in [0.15, 0.2) is 0 Å².